The number of nitrogens with zero attached hydrogens (tertiary/aromatic N) is 1. The molecular weight excluding hydrogens is 328 g/mol. The van der Waals surface area contributed by atoms with E-state index in [2.05, 4.69) is 5.32 Å². The summed E-state index contributed by atoms with van der Waals surface area (Å²) in [6.45, 7) is 0. The Balaban J connectivity index is 1.81. The van der Waals surface area contributed by atoms with Crippen LogP contribution in [-0.4, -0.2) is 12.2 Å². The highest BCUT2D eigenvalue weighted by Crippen LogP contribution is 2.20. The van der Waals surface area contributed by atoms with Crippen LogP contribution >= 0.6 is 11.8 Å². The normalized spacial score (nSPS) is 11.1. The molecule has 0 radical (unpaired) electrons. The zero-order valence-electron chi connectivity index (χ0n) is 13.7. The van der Waals surface area contributed by atoms with Crippen molar-refractivity contribution >= 4 is 40.2 Å². The molecule has 4 heteroatoms. The van der Waals surface area contributed by atoms with Gasteiger partial charge in [0.2, 0.25) is 0 Å². The molecule has 1 amide bonds. The highest BCUT2D eigenvalue weighted by atomic mass is 32.2. The lowest BCUT2D eigenvalue weighted by atomic mass is 10.1. The second-order valence-corrected chi connectivity index (χ2v) is 6.34. The summed E-state index contributed by atoms with van der Waals surface area (Å²) in [5, 5.41) is 14.3. The van der Waals surface area contributed by atoms with Gasteiger partial charge in [-0.25, -0.2) is 0 Å². The molecule has 1 N–H and O–H groups in total. The van der Waals surface area contributed by atoms with Crippen molar-refractivity contribution in [2.24, 2.45) is 0 Å². The Labute approximate surface area is 151 Å². The summed E-state index contributed by atoms with van der Waals surface area (Å²) in [6.07, 6.45) is 3.60. The maximum atomic E-state index is 12.4. The zero-order valence-corrected chi connectivity index (χ0v) is 14.5. The number of carbonyl (C=O) groups excluding carboxylic acids is 1. The average Bonchev–Trinajstić information content (AvgIpc) is 2.66. The van der Waals surface area contributed by atoms with Gasteiger partial charge in [0.05, 0.1) is 0 Å². The van der Waals surface area contributed by atoms with Crippen molar-refractivity contribution in [2.45, 2.75) is 4.90 Å². The second kappa shape index (κ2) is 7.69. The van der Waals surface area contributed by atoms with Crippen molar-refractivity contribution in [1.29, 1.82) is 5.26 Å². The standard InChI is InChI=1S/C21H16N2OS/c1-25-20-10-6-15(7-11-20)12-18(14-22)21(24)23-19-9-8-16-4-2-3-5-17(16)13-19/h2-13H,1H3,(H,23,24)/b18-12-. The molecule has 122 valence electrons. The number of anilines is 1. The van der Waals surface area contributed by atoms with Crippen LogP contribution in [0.4, 0.5) is 5.69 Å². The summed E-state index contributed by atoms with van der Waals surface area (Å²) in [7, 11) is 0. The largest absolute Gasteiger partial charge is 0.321 e. The Morgan fingerprint density at radius 2 is 1.76 bits per heavy atom. The van der Waals surface area contributed by atoms with Gasteiger partial charge >= 0.3 is 0 Å². The lowest BCUT2D eigenvalue weighted by Gasteiger charge is -2.06. The smallest absolute Gasteiger partial charge is 0.266 e. The van der Waals surface area contributed by atoms with Crippen molar-refractivity contribution in [3.8, 4) is 6.07 Å². The minimum Gasteiger partial charge on any atom is -0.321 e. The van der Waals surface area contributed by atoms with Crippen molar-refractivity contribution in [1.82, 2.24) is 0 Å². The second-order valence-electron chi connectivity index (χ2n) is 5.46. The monoisotopic (exact) mass is 344 g/mol. The van der Waals surface area contributed by atoms with E-state index >= 15 is 0 Å². The molecule has 3 rings (SSSR count). The molecule has 25 heavy (non-hydrogen) atoms. The molecule has 3 aromatic carbocycles. The highest BCUT2D eigenvalue weighted by Gasteiger charge is 2.10. The van der Waals surface area contributed by atoms with Crippen molar-refractivity contribution in [3.05, 3.63) is 77.9 Å². The van der Waals surface area contributed by atoms with E-state index in [0.29, 0.717) is 5.69 Å². The number of nitriles is 1. The van der Waals surface area contributed by atoms with Gasteiger partial charge in [0.25, 0.3) is 5.91 Å². The number of carbonyl (C=O) groups is 1. The van der Waals surface area contributed by atoms with Gasteiger partial charge in [-0.3, -0.25) is 4.79 Å². The molecule has 0 fully saturated rings. The van der Waals surface area contributed by atoms with Crippen LogP contribution in [0.2, 0.25) is 0 Å². The van der Waals surface area contributed by atoms with Crippen LogP contribution in [-0.2, 0) is 4.79 Å². The van der Waals surface area contributed by atoms with Crippen LogP contribution in [0.3, 0.4) is 0 Å². The third kappa shape index (κ3) is 4.09. The molecule has 0 aliphatic heterocycles. The van der Waals surface area contributed by atoms with Gasteiger partial charge in [-0.2, -0.15) is 5.26 Å². The number of hydrogen-bond acceptors (Lipinski definition) is 3. The first-order valence-corrected chi connectivity index (χ1v) is 8.98. The Hall–Kier alpha value is -3.03. The first-order valence-electron chi connectivity index (χ1n) is 7.75. The van der Waals surface area contributed by atoms with E-state index in [1.165, 1.54) is 0 Å². The highest BCUT2D eigenvalue weighted by molar-refractivity contribution is 7.98. The minimum absolute atomic E-state index is 0.0741. The number of fused-ring (bicyclic) bond motifs is 1. The summed E-state index contributed by atoms with van der Waals surface area (Å²) < 4.78 is 0. The summed E-state index contributed by atoms with van der Waals surface area (Å²) >= 11 is 1.65. The van der Waals surface area contributed by atoms with Crippen LogP contribution in [0.1, 0.15) is 5.56 Å². The minimum atomic E-state index is -0.410. The molecule has 0 aliphatic rings. The van der Waals surface area contributed by atoms with Gasteiger partial charge in [-0.15, -0.1) is 11.8 Å². The Bertz CT molecular complexity index is 985. The molecule has 0 unspecified atom stereocenters. The van der Waals surface area contributed by atoms with Crippen LogP contribution in [0.25, 0.3) is 16.8 Å². The average molecular weight is 344 g/mol. The van der Waals surface area contributed by atoms with E-state index in [-0.39, 0.29) is 5.57 Å². The predicted molar refractivity (Wildman–Crippen MR) is 104 cm³/mol. The number of amides is 1. The number of hydrogen-bond donors (Lipinski definition) is 1. The van der Waals surface area contributed by atoms with E-state index in [1.54, 1.807) is 17.8 Å². The van der Waals surface area contributed by atoms with Crippen LogP contribution in [0.15, 0.2) is 77.2 Å². The van der Waals surface area contributed by atoms with E-state index in [9.17, 15) is 10.1 Å². The molecule has 0 aromatic heterocycles. The van der Waals surface area contributed by atoms with Crippen LogP contribution in [0, 0.1) is 11.3 Å². The number of benzene rings is 3. The van der Waals surface area contributed by atoms with Gasteiger partial charge in [0.1, 0.15) is 11.6 Å². The SMILES string of the molecule is CSc1ccc(/C=C(/C#N)C(=O)Nc2ccc3ccccc3c2)cc1. The first kappa shape index (κ1) is 16.8. The Morgan fingerprint density at radius 3 is 2.44 bits per heavy atom. The topological polar surface area (TPSA) is 52.9 Å². The van der Waals surface area contributed by atoms with E-state index in [0.717, 1.165) is 21.2 Å². The van der Waals surface area contributed by atoms with Gasteiger partial charge in [0, 0.05) is 10.6 Å². The Morgan fingerprint density at radius 1 is 1.04 bits per heavy atom. The van der Waals surface area contributed by atoms with Crippen LogP contribution in [0.5, 0.6) is 0 Å². The molecule has 0 spiro atoms. The van der Waals surface area contributed by atoms with Gasteiger partial charge in [0.15, 0.2) is 0 Å². The molecule has 0 heterocycles. The summed E-state index contributed by atoms with van der Waals surface area (Å²) in [4.78, 5) is 13.5. The predicted octanol–water partition coefficient (Wildman–Crippen LogP) is 5.11. The fourth-order valence-corrected chi connectivity index (χ4v) is 2.89. The van der Waals surface area contributed by atoms with E-state index < -0.39 is 5.91 Å². The maximum Gasteiger partial charge on any atom is 0.266 e. The van der Waals surface area contributed by atoms with Crippen molar-refractivity contribution in [2.75, 3.05) is 11.6 Å². The van der Waals surface area contributed by atoms with Crippen molar-refractivity contribution in [3.63, 3.8) is 0 Å². The molecule has 0 aliphatic carbocycles. The quantitative estimate of drug-likeness (QED) is 0.407. The maximum absolute atomic E-state index is 12.4. The third-order valence-electron chi connectivity index (χ3n) is 3.80. The Kier molecular flexibility index (Phi) is 5.17. The summed E-state index contributed by atoms with van der Waals surface area (Å²) in [6, 6.07) is 23.3. The number of nitrogens with one attached hydrogen (secondary N) is 1. The zero-order chi connectivity index (χ0) is 17.6. The molecule has 3 nitrogen and oxygen atoms in total. The molecular formula is C21H16N2OS. The molecule has 3 aromatic rings. The van der Waals surface area contributed by atoms with E-state index in [1.807, 2.05) is 79.1 Å². The summed E-state index contributed by atoms with van der Waals surface area (Å²) in [5.74, 6) is -0.410. The molecule has 0 saturated carbocycles. The van der Waals surface area contributed by atoms with Gasteiger partial charge in [-0.1, -0.05) is 42.5 Å². The lowest BCUT2D eigenvalue weighted by molar-refractivity contribution is -0.112. The molecule has 0 atom stereocenters. The fourth-order valence-electron chi connectivity index (χ4n) is 2.48. The van der Waals surface area contributed by atoms with Gasteiger partial charge < -0.3 is 5.32 Å². The van der Waals surface area contributed by atoms with Gasteiger partial charge in [-0.05, 0) is 52.9 Å². The van der Waals surface area contributed by atoms with E-state index in [4.69, 9.17) is 0 Å². The third-order valence-corrected chi connectivity index (χ3v) is 4.54. The van der Waals surface area contributed by atoms with Crippen LogP contribution < -0.4 is 5.32 Å². The number of rotatable bonds is 4. The van der Waals surface area contributed by atoms with Crippen molar-refractivity contribution < 1.29 is 4.79 Å². The first-order chi connectivity index (χ1) is 12.2. The summed E-state index contributed by atoms with van der Waals surface area (Å²) in [5.41, 5.74) is 1.57. The lowest BCUT2D eigenvalue weighted by Crippen LogP contribution is -2.13. The molecule has 0 bridgehead atoms. The fraction of sp³-hybridized carbons (Fsp3) is 0.0476. The molecule has 0 saturated heterocycles. The number of thioether (sulfide) groups is 1.